The number of anilines is 2. The van der Waals surface area contributed by atoms with Crippen LogP contribution in [0.3, 0.4) is 0 Å². The number of rotatable bonds is 8. The largest absolute Gasteiger partial charge is 0.496 e. The molecule has 1 unspecified atom stereocenters. The first-order valence-electron chi connectivity index (χ1n) is 10.1. The lowest BCUT2D eigenvalue weighted by Crippen LogP contribution is -2.06. The molecule has 0 aliphatic carbocycles. The predicted molar refractivity (Wildman–Crippen MR) is 124 cm³/mol. The topological polar surface area (TPSA) is 93.5 Å². The lowest BCUT2D eigenvalue weighted by atomic mass is 10.0. The van der Waals surface area contributed by atoms with Crippen LogP contribution in [0.1, 0.15) is 25.3 Å². The molecular weight excluding hydrogens is 450 g/mol. The van der Waals surface area contributed by atoms with Crippen molar-refractivity contribution in [2.45, 2.75) is 25.5 Å². The number of benzene rings is 1. The van der Waals surface area contributed by atoms with Crippen molar-refractivity contribution < 1.29 is 22.5 Å². The number of ether oxygens (including phenoxy) is 1. The first-order chi connectivity index (χ1) is 15.7. The summed E-state index contributed by atoms with van der Waals surface area (Å²) < 4.78 is 49.8. The molecule has 0 fully saturated rings. The van der Waals surface area contributed by atoms with Crippen LogP contribution >= 0.6 is 0 Å². The molecule has 0 bridgehead atoms. The van der Waals surface area contributed by atoms with E-state index in [1.54, 1.807) is 12.1 Å². The Morgan fingerprint density at radius 1 is 1.12 bits per heavy atom. The highest BCUT2D eigenvalue weighted by molar-refractivity contribution is 7.92. The van der Waals surface area contributed by atoms with Crippen molar-refractivity contribution in [3.63, 3.8) is 0 Å². The number of carbonyl (C=O) groups excluding carboxylic acids is 1. The van der Waals surface area contributed by atoms with Gasteiger partial charge in [0.15, 0.2) is 0 Å². The van der Waals surface area contributed by atoms with Crippen molar-refractivity contribution in [1.82, 2.24) is 9.97 Å². The van der Waals surface area contributed by atoms with Crippen molar-refractivity contribution in [2.24, 2.45) is 4.36 Å². The SMILES string of the molecule is CCCC(=O)N=S(C)(=O)Cc1ccnc(Nc2cc(-c3ccc(F)cc3OC)c(F)cn2)c1. The maximum Gasteiger partial charge on any atom is 0.253 e. The van der Waals surface area contributed by atoms with Crippen molar-refractivity contribution in [1.29, 1.82) is 0 Å². The highest BCUT2D eigenvalue weighted by atomic mass is 32.2. The molecule has 3 rings (SSSR count). The van der Waals surface area contributed by atoms with Gasteiger partial charge in [0.1, 0.15) is 29.0 Å². The summed E-state index contributed by atoms with van der Waals surface area (Å²) in [4.78, 5) is 20.0. The molecule has 2 aromatic heterocycles. The fourth-order valence-corrected chi connectivity index (χ4v) is 4.57. The summed E-state index contributed by atoms with van der Waals surface area (Å²) in [5, 5.41) is 2.98. The molecule has 2 heterocycles. The zero-order chi connectivity index (χ0) is 24.0. The van der Waals surface area contributed by atoms with Crippen LogP contribution in [0.4, 0.5) is 20.4 Å². The highest BCUT2D eigenvalue weighted by Gasteiger charge is 2.14. The van der Waals surface area contributed by atoms with Crippen LogP contribution in [0.2, 0.25) is 0 Å². The van der Waals surface area contributed by atoms with E-state index in [4.69, 9.17) is 4.74 Å². The molecule has 1 N–H and O–H groups in total. The monoisotopic (exact) mass is 474 g/mol. The summed E-state index contributed by atoms with van der Waals surface area (Å²) in [5.74, 6) is -0.534. The Morgan fingerprint density at radius 3 is 2.61 bits per heavy atom. The summed E-state index contributed by atoms with van der Waals surface area (Å²) in [5.41, 5.74) is 1.20. The fraction of sp³-hybridized carbons (Fsp3) is 0.261. The second-order valence-electron chi connectivity index (χ2n) is 7.41. The van der Waals surface area contributed by atoms with Gasteiger partial charge in [0.25, 0.3) is 5.91 Å². The average Bonchev–Trinajstić information content (AvgIpc) is 2.75. The zero-order valence-corrected chi connectivity index (χ0v) is 19.3. The smallest absolute Gasteiger partial charge is 0.253 e. The summed E-state index contributed by atoms with van der Waals surface area (Å²) in [6.45, 7) is 1.85. The number of amides is 1. The molecule has 0 radical (unpaired) electrons. The van der Waals surface area contributed by atoms with Crippen molar-refractivity contribution in [3.05, 3.63) is 66.0 Å². The van der Waals surface area contributed by atoms with Crippen molar-refractivity contribution in [2.75, 3.05) is 18.7 Å². The third-order valence-electron chi connectivity index (χ3n) is 4.58. The van der Waals surface area contributed by atoms with Gasteiger partial charge in [0.05, 0.1) is 28.8 Å². The molecule has 33 heavy (non-hydrogen) atoms. The molecule has 0 aliphatic rings. The number of carbonyl (C=O) groups is 1. The van der Waals surface area contributed by atoms with Gasteiger partial charge in [-0.3, -0.25) is 4.79 Å². The van der Waals surface area contributed by atoms with Crippen LogP contribution in [-0.2, 0) is 20.3 Å². The molecule has 0 spiro atoms. The number of halogens is 2. The normalized spacial score (nSPS) is 12.6. The molecule has 1 aromatic carbocycles. The first kappa shape index (κ1) is 24.2. The summed E-state index contributed by atoms with van der Waals surface area (Å²) in [7, 11) is -1.37. The van der Waals surface area contributed by atoms with E-state index in [9.17, 15) is 17.8 Å². The van der Waals surface area contributed by atoms with Crippen LogP contribution in [0, 0.1) is 11.6 Å². The maximum atomic E-state index is 14.5. The standard InChI is InChI=1S/C23H24F2N4O3S/c1-4-5-23(30)29-33(3,31)14-15-8-9-26-21(10-15)28-22-12-18(19(25)13-27-22)17-7-6-16(24)11-20(17)32-2/h6-13H,4-5,14H2,1-3H3,(H,26,27,28). The molecule has 3 aromatic rings. The number of nitrogens with one attached hydrogen (secondary N) is 1. The Labute approximate surface area is 191 Å². The van der Waals surface area contributed by atoms with Crippen LogP contribution in [0.15, 0.2) is 53.2 Å². The van der Waals surface area contributed by atoms with Gasteiger partial charge in [-0.2, -0.15) is 4.36 Å². The molecule has 10 heteroatoms. The van der Waals surface area contributed by atoms with Crippen LogP contribution in [0.25, 0.3) is 11.1 Å². The molecule has 7 nitrogen and oxygen atoms in total. The first-order valence-corrected chi connectivity index (χ1v) is 12.2. The highest BCUT2D eigenvalue weighted by Crippen LogP contribution is 2.33. The molecule has 0 saturated carbocycles. The van der Waals surface area contributed by atoms with E-state index in [-0.39, 0.29) is 29.4 Å². The van der Waals surface area contributed by atoms with E-state index in [0.717, 1.165) is 6.20 Å². The Kier molecular flexibility index (Phi) is 7.70. The second kappa shape index (κ2) is 10.5. The quantitative estimate of drug-likeness (QED) is 0.488. The van der Waals surface area contributed by atoms with Gasteiger partial charge in [0, 0.05) is 36.1 Å². The minimum Gasteiger partial charge on any atom is -0.496 e. The number of nitrogens with zero attached hydrogens (tertiary/aromatic N) is 3. The van der Waals surface area contributed by atoms with Gasteiger partial charge in [-0.1, -0.05) is 6.92 Å². The third-order valence-corrected chi connectivity index (χ3v) is 6.04. The molecule has 174 valence electrons. The van der Waals surface area contributed by atoms with Gasteiger partial charge in [-0.05, 0) is 42.3 Å². The lowest BCUT2D eigenvalue weighted by molar-refractivity contribution is -0.117. The number of aromatic nitrogens is 2. The minimum absolute atomic E-state index is 0.0779. The van der Waals surface area contributed by atoms with E-state index < -0.39 is 21.4 Å². The number of hydrogen-bond acceptors (Lipinski definition) is 6. The van der Waals surface area contributed by atoms with Gasteiger partial charge < -0.3 is 10.1 Å². The van der Waals surface area contributed by atoms with E-state index in [1.165, 1.54) is 43.8 Å². The lowest BCUT2D eigenvalue weighted by Gasteiger charge is -2.12. The molecule has 1 atom stereocenters. The van der Waals surface area contributed by atoms with Crippen LogP contribution in [0.5, 0.6) is 5.75 Å². The van der Waals surface area contributed by atoms with Crippen LogP contribution < -0.4 is 10.1 Å². The second-order valence-corrected chi connectivity index (χ2v) is 9.80. The number of pyridine rings is 2. The van der Waals surface area contributed by atoms with E-state index in [0.29, 0.717) is 29.2 Å². The summed E-state index contributed by atoms with van der Waals surface area (Å²) in [6, 6.07) is 8.62. The summed E-state index contributed by atoms with van der Waals surface area (Å²) in [6.07, 6.45) is 4.90. The van der Waals surface area contributed by atoms with Crippen molar-refractivity contribution >= 4 is 27.3 Å². The minimum atomic E-state index is -2.75. The fourth-order valence-electron chi connectivity index (χ4n) is 3.18. The van der Waals surface area contributed by atoms with E-state index in [2.05, 4.69) is 19.6 Å². The predicted octanol–water partition coefficient (Wildman–Crippen LogP) is 5.10. The average molecular weight is 475 g/mol. The van der Waals surface area contributed by atoms with E-state index >= 15 is 0 Å². The Morgan fingerprint density at radius 2 is 1.88 bits per heavy atom. The van der Waals surface area contributed by atoms with Gasteiger partial charge in [-0.25, -0.2) is 23.0 Å². The zero-order valence-electron chi connectivity index (χ0n) is 18.5. The van der Waals surface area contributed by atoms with Gasteiger partial charge in [0.2, 0.25) is 0 Å². The Bertz CT molecular complexity index is 1290. The molecule has 1 amide bonds. The molecule has 0 aliphatic heterocycles. The molecular formula is C23H24F2N4O3S. The number of methoxy groups -OCH3 is 1. The van der Waals surface area contributed by atoms with Crippen molar-refractivity contribution in [3.8, 4) is 16.9 Å². The van der Waals surface area contributed by atoms with Crippen LogP contribution in [-0.4, -0.2) is 33.4 Å². The molecule has 0 saturated heterocycles. The third kappa shape index (κ3) is 6.55. The Hall–Kier alpha value is -3.40. The maximum absolute atomic E-state index is 14.5. The summed E-state index contributed by atoms with van der Waals surface area (Å²) >= 11 is 0. The Balaban J connectivity index is 1.86. The van der Waals surface area contributed by atoms with Gasteiger partial charge in [-0.15, -0.1) is 0 Å². The number of hydrogen-bond donors (Lipinski definition) is 1. The van der Waals surface area contributed by atoms with E-state index in [1.807, 2.05) is 6.92 Å². The van der Waals surface area contributed by atoms with Gasteiger partial charge >= 0.3 is 0 Å².